The van der Waals surface area contributed by atoms with Crippen LogP contribution < -0.4 is 4.74 Å². The van der Waals surface area contributed by atoms with Crippen LogP contribution in [0.1, 0.15) is 16.6 Å². The zero-order valence-corrected chi connectivity index (χ0v) is 8.72. The predicted molar refractivity (Wildman–Crippen MR) is 51.8 cm³/mol. The van der Waals surface area contributed by atoms with Crippen molar-refractivity contribution in [2.75, 3.05) is 13.7 Å². The van der Waals surface area contributed by atoms with Crippen LogP contribution in [0.5, 0.6) is 5.06 Å². The summed E-state index contributed by atoms with van der Waals surface area (Å²) in [5.41, 5.74) is 0. The normalized spacial score (nSPS) is 9.57. The molecule has 0 fully saturated rings. The number of ether oxygens (including phenoxy) is 2. The van der Waals surface area contributed by atoms with Crippen molar-refractivity contribution in [2.45, 2.75) is 6.92 Å². The van der Waals surface area contributed by atoms with Crippen LogP contribution in [0.4, 0.5) is 0 Å². The van der Waals surface area contributed by atoms with Gasteiger partial charge in [0.1, 0.15) is 0 Å². The maximum Gasteiger partial charge on any atom is 0.380 e. The quantitative estimate of drug-likeness (QED) is 0.433. The topological polar surface area (TPSA) is 52.6 Å². The first-order valence-corrected chi connectivity index (χ1v) is 4.86. The van der Waals surface area contributed by atoms with Crippen molar-refractivity contribution in [1.29, 1.82) is 0 Å². The maximum atomic E-state index is 11.3. The molecule has 0 saturated heterocycles. The Morgan fingerprint density at radius 1 is 1.43 bits per heavy atom. The lowest BCUT2D eigenvalue weighted by Crippen LogP contribution is -2.16. The summed E-state index contributed by atoms with van der Waals surface area (Å²) >= 11 is 1.12. The molecule has 0 aromatic carbocycles. The molecule has 4 nitrogen and oxygen atoms in total. The molecule has 76 valence electrons. The Morgan fingerprint density at radius 2 is 2.14 bits per heavy atom. The fraction of sp³-hybridized carbons (Fsp3) is 0.333. The van der Waals surface area contributed by atoms with E-state index in [1.807, 2.05) is 0 Å². The second-order valence-corrected chi connectivity index (χ2v) is 3.42. The van der Waals surface area contributed by atoms with Gasteiger partial charge in [-0.3, -0.25) is 4.79 Å². The van der Waals surface area contributed by atoms with Gasteiger partial charge in [-0.15, -0.1) is 0 Å². The second-order valence-electron chi connectivity index (χ2n) is 2.37. The van der Waals surface area contributed by atoms with Gasteiger partial charge in [-0.1, -0.05) is 11.3 Å². The molecule has 0 aliphatic heterocycles. The summed E-state index contributed by atoms with van der Waals surface area (Å²) in [6.45, 7) is 1.85. The molecule has 1 heterocycles. The lowest BCUT2D eigenvalue weighted by molar-refractivity contribution is -0.137. The minimum absolute atomic E-state index is 0.201. The number of thiophene rings is 1. The molecule has 5 heteroatoms. The van der Waals surface area contributed by atoms with Crippen molar-refractivity contribution in [1.82, 2.24) is 0 Å². The van der Waals surface area contributed by atoms with E-state index in [0.29, 0.717) is 9.94 Å². The van der Waals surface area contributed by atoms with Crippen LogP contribution in [0.25, 0.3) is 0 Å². The summed E-state index contributed by atoms with van der Waals surface area (Å²) in [6.07, 6.45) is 0. The van der Waals surface area contributed by atoms with Gasteiger partial charge in [-0.05, 0) is 19.1 Å². The SMILES string of the molecule is CCOC(=O)C(=O)c1ccc(OC)s1. The first-order valence-electron chi connectivity index (χ1n) is 4.04. The number of Topliss-reactive ketones (excluding diaryl/α,β-unsaturated/α-hetero) is 1. The summed E-state index contributed by atoms with van der Waals surface area (Å²) in [6, 6.07) is 3.18. The number of hydrogen-bond acceptors (Lipinski definition) is 5. The molecule has 1 rings (SSSR count). The third-order valence-electron chi connectivity index (χ3n) is 1.47. The number of hydrogen-bond donors (Lipinski definition) is 0. The Hall–Kier alpha value is -1.36. The third kappa shape index (κ3) is 2.32. The largest absolute Gasteiger partial charge is 0.487 e. The van der Waals surface area contributed by atoms with Gasteiger partial charge in [-0.2, -0.15) is 0 Å². The van der Waals surface area contributed by atoms with Crippen LogP contribution in [-0.2, 0) is 9.53 Å². The van der Waals surface area contributed by atoms with E-state index in [9.17, 15) is 9.59 Å². The molecule has 0 bridgehead atoms. The average Bonchev–Trinajstić information content (AvgIpc) is 2.65. The van der Waals surface area contributed by atoms with E-state index in [1.165, 1.54) is 7.11 Å². The molecule has 0 saturated carbocycles. The minimum atomic E-state index is -0.822. The molecule has 1 aromatic rings. The first kappa shape index (κ1) is 10.7. The Balaban J connectivity index is 2.74. The number of ketones is 1. The van der Waals surface area contributed by atoms with Gasteiger partial charge in [0.15, 0.2) is 5.06 Å². The molecule has 1 aromatic heterocycles. The number of esters is 1. The highest BCUT2D eigenvalue weighted by molar-refractivity contribution is 7.16. The summed E-state index contributed by atoms with van der Waals surface area (Å²) < 4.78 is 9.48. The summed E-state index contributed by atoms with van der Waals surface area (Å²) in [5, 5.41) is 0.595. The van der Waals surface area contributed by atoms with Crippen molar-refractivity contribution >= 4 is 23.1 Å². The van der Waals surface area contributed by atoms with Crippen LogP contribution in [0.3, 0.4) is 0 Å². The van der Waals surface area contributed by atoms with Crippen LogP contribution >= 0.6 is 11.3 Å². The van der Waals surface area contributed by atoms with Crippen LogP contribution in [0.15, 0.2) is 12.1 Å². The molecule has 0 aliphatic carbocycles. The van der Waals surface area contributed by atoms with E-state index < -0.39 is 11.8 Å². The lowest BCUT2D eigenvalue weighted by Gasteiger charge is -1.97. The van der Waals surface area contributed by atoms with Gasteiger partial charge in [0.25, 0.3) is 5.78 Å². The fourth-order valence-corrected chi connectivity index (χ4v) is 1.60. The van der Waals surface area contributed by atoms with E-state index in [1.54, 1.807) is 19.1 Å². The molecule has 0 unspecified atom stereocenters. The molecule has 0 amide bonds. The lowest BCUT2D eigenvalue weighted by atomic mass is 10.3. The fourth-order valence-electron chi connectivity index (χ4n) is 0.849. The number of methoxy groups -OCH3 is 1. The number of carbonyl (C=O) groups excluding carboxylic acids is 2. The van der Waals surface area contributed by atoms with E-state index in [4.69, 9.17) is 4.74 Å². The number of carbonyl (C=O) groups is 2. The highest BCUT2D eigenvalue weighted by Crippen LogP contribution is 2.24. The highest BCUT2D eigenvalue weighted by Gasteiger charge is 2.19. The highest BCUT2D eigenvalue weighted by atomic mass is 32.1. The Labute approximate surface area is 85.4 Å². The molecule has 0 spiro atoms. The summed E-state index contributed by atoms with van der Waals surface area (Å²) in [5.74, 6) is -1.45. The Kier molecular flexibility index (Phi) is 3.64. The average molecular weight is 214 g/mol. The zero-order valence-electron chi connectivity index (χ0n) is 7.90. The molecule has 0 N–H and O–H groups in total. The predicted octanol–water partition coefficient (Wildman–Crippen LogP) is 1.50. The van der Waals surface area contributed by atoms with Crippen molar-refractivity contribution in [3.05, 3.63) is 17.0 Å². The number of rotatable bonds is 4. The van der Waals surface area contributed by atoms with Crippen molar-refractivity contribution < 1.29 is 19.1 Å². The van der Waals surface area contributed by atoms with E-state index in [-0.39, 0.29) is 6.61 Å². The van der Waals surface area contributed by atoms with Gasteiger partial charge < -0.3 is 9.47 Å². The molecular formula is C9H10O4S. The monoisotopic (exact) mass is 214 g/mol. The molecular weight excluding hydrogens is 204 g/mol. The summed E-state index contributed by atoms with van der Waals surface area (Å²) in [4.78, 5) is 22.7. The van der Waals surface area contributed by atoms with Gasteiger partial charge >= 0.3 is 5.97 Å². The van der Waals surface area contributed by atoms with Gasteiger partial charge in [0.05, 0.1) is 18.6 Å². The molecule has 0 aliphatic rings. The van der Waals surface area contributed by atoms with Gasteiger partial charge in [-0.25, -0.2) is 4.79 Å². The smallest absolute Gasteiger partial charge is 0.380 e. The first-order chi connectivity index (χ1) is 6.69. The molecule has 14 heavy (non-hydrogen) atoms. The maximum absolute atomic E-state index is 11.3. The Bertz CT molecular complexity index is 342. The van der Waals surface area contributed by atoms with Gasteiger partial charge in [0, 0.05) is 0 Å². The molecule has 0 radical (unpaired) electrons. The van der Waals surface area contributed by atoms with E-state index >= 15 is 0 Å². The van der Waals surface area contributed by atoms with Crippen molar-refractivity contribution in [3.8, 4) is 5.06 Å². The van der Waals surface area contributed by atoms with Crippen LogP contribution in [0, 0.1) is 0 Å². The van der Waals surface area contributed by atoms with Gasteiger partial charge in [0.2, 0.25) is 0 Å². The third-order valence-corrected chi connectivity index (χ3v) is 2.51. The standard InChI is InChI=1S/C9H10O4S/c1-3-13-9(11)8(10)6-4-5-7(12-2)14-6/h4-5H,3H2,1-2H3. The second kappa shape index (κ2) is 4.76. The van der Waals surface area contributed by atoms with Crippen molar-refractivity contribution in [2.24, 2.45) is 0 Å². The van der Waals surface area contributed by atoms with Crippen molar-refractivity contribution in [3.63, 3.8) is 0 Å². The van der Waals surface area contributed by atoms with E-state index in [0.717, 1.165) is 11.3 Å². The zero-order chi connectivity index (χ0) is 10.6. The molecule has 0 atom stereocenters. The summed E-state index contributed by atoms with van der Waals surface area (Å²) in [7, 11) is 1.50. The van der Waals surface area contributed by atoms with E-state index in [2.05, 4.69) is 4.74 Å². The minimum Gasteiger partial charge on any atom is -0.487 e. The van der Waals surface area contributed by atoms with Crippen LogP contribution in [0.2, 0.25) is 0 Å². The Morgan fingerprint density at radius 3 is 2.64 bits per heavy atom. The van der Waals surface area contributed by atoms with Crippen LogP contribution in [-0.4, -0.2) is 25.5 Å².